The number of halogens is 3. The Labute approximate surface area is 177 Å². The van der Waals surface area contributed by atoms with Crippen LogP contribution in [0.25, 0.3) is 17.2 Å². The molecule has 0 bridgehead atoms. The van der Waals surface area contributed by atoms with Crippen LogP contribution in [0, 0.1) is 6.92 Å². The maximum Gasteiger partial charge on any atom is 0.416 e. The van der Waals surface area contributed by atoms with Gasteiger partial charge in [0, 0.05) is 30.1 Å². The number of amides is 1. The highest BCUT2D eigenvalue weighted by Gasteiger charge is 2.32. The van der Waals surface area contributed by atoms with Gasteiger partial charge in [-0.3, -0.25) is 4.79 Å². The van der Waals surface area contributed by atoms with Crippen molar-refractivity contribution in [1.82, 2.24) is 4.98 Å². The second-order valence-electron chi connectivity index (χ2n) is 7.38. The Hall–Kier alpha value is -3.61. The molecule has 1 aromatic heterocycles. The van der Waals surface area contributed by atoms with Crippen LogP contribution in [0.2, 0.25) is 0 Å². The molecule has 0 aliphatic carbocycles. The van der Waals surface area contributed by atoms with Crippen molar-refractivity contribution < 1.29 is 18.0 Å². The van der Waals surface area contributed by atoms with Crippen molar-refractivity contribution in [3.63, 3.8) is 0 Å². The van der Waals surface area contributed by atoms with Gasteiger partial charge in [-0.25, -0.2) is 4.98 Å². The Bertz CT molecular complexity index is 1170. The van der Waals surface area contributed by atoms with Crippen molar-refractivity contribution in [3.8, 4) is 11.1 Å². The van der Waals surface area contributed by atoms with Crippen LogP contribution in [0.4, 0.5) is 24.7 Å². The van der Waals surface area contributed by atoms with Crippen molar-refractivity contribution in [2.45, 2.75) is 19.5 Å². The number of rotatable bonds is 4. The van der Waals surface area contributed by atoms with Crippen molar-refractivity contribution in [3.05, 3.63) is 83.1 Å². The van der Waals surface area contributed by atoms with E-state index in [0.717, 1.165) is 41.5 Å². The van der Waals surface area contributed by atoms with E-state index in [1.165, 1.54) is 30.7 Å². The van der Waals surface area contributed by atoms with Gasteiger partial charge in [-0.1, -0.05) is 24.3 Å². The zero-order chi connectivity index (χ0) is 22.0. The normalized spacial score (nSPS) is 13.2. The van der Waals surface area contributed by atoms with Crippen LogP contribution in [0.1, 0.15) is 22.3 Å². The molecule has 2 N–H and O–H groups in total. The Balaban J connectivity index is 1.48. The largest absolute Gasteiger partial charge is 0.416 e. The average molecular weight is 423 g/mol. The highest BCUT2D eigenvalue weighted by molar-refractivity contribution is 6.02. The predicted molar refractivity (Wildman–Crippen MR) is 116 cm³/mol. The standard InChI is InChI=1S/C24H20F3N3O/c1-15-5-7-20(13-21(15)24(25,26)27)30-22(31)8-6-16-3-2-4-17(11-16)19-12-18-9-10-28-23(18)29-14-19/h2-8,11-14H,9-10H2,1H3,(H,28,29)(H,30,31). The molecule has 0 fully saturated rings. The smallest absolute Gasteiger partial charge is 0.370 e. The van der Waals surface area contributed by atoms with Crippen LogP contribution in [-0.4, -0.2) is 17.4 Å². The molecular weight excluding hydrogens is 403 g/mol. The van der Waals surface area contributed by atoms with Crippen LogP contribution in [0.15, 0.2) is 60.8 Å². The highest BCUT2D eigenvalue weighted by Crippen LogP contribution is 2.33. The first kappa shape index (κ1) is 20.7. The molecule has 31 heavy (non-hydrogen) atoms. The summed E-state index contributed by atoms with van der Waals surface area (Å²) in [6.45, 7) is 2.27. The molecule has 0 saturated carbocycles. The summed E-state index contributed by atoms with van der Waals surface area (Å²) in [6.07, 6.45) is 1.20. The molecule has 0 saturated heterocycles. The molecule has 7 heteroatoms. The molecule has 158 valence electrons. The van der Waals surface area contributed by atoms with Gasteiger partial charge in [0.2, 0.25) is 5.91 Å². The van der Waals surface area contributed by atoms with Crippen molar-refractivity contribution in [2.75, 3.05) is 17.2 Å². The number of hydrogen-bond acceptors (Lipinski definition) is 3. The van der Waals surface area contributed by atoms with Crippen molar-refractivity contribution >= 4 is 23.5 Å². The Kier molecular flexibility index (Phi) is 5.50. The van der Waals surface area contributed by atoms with Crippen LogP contribution < -0.4 is 10.6 Å². The average Bonchev–Trinajstić information content (AvgIpc) is 3.21. The molecule has 4 nitrogen and oxygen atoms in total. The lowest BCUT2D eigenvalue weighted by molar-refractivity contribution is -0.138. The lowest BCUT2D eigenvalue weighted by Gasteiger charge is -2.12. The quantitative estimate of drug-likeness (QED) is 0.530. The summed E-state index contributed by atoms with van der Waals surface area (Å²) in [7, 11) is 0. The summed E-state index contributed by atoms with van der Waals surface area (Å²) >= 11 is 0. The fourth-order valence-electron chi connectivity index (χ4n) is 3.52. The molecule has 0 spiro atoms. The summed E-state index contributed by atoms with van der Waals surface area (Å²) in [5.74, 6) is 0.411. The summed E-state index contributed by atoms with van der Waals surface area (Å²) in [5.41, 5.74) is 3.37. The number of carbonyl (C=O) groups is 1. The van der Waals surface area contributed by atoms with Gasteiger partial charge in [-0.05, 0) is 65.9 Å². The maximum absolute atomic E-state index is 13.1. The van der Waals surface area contributed by atoms with Crippen molar-refractivity contribution in [2.24, 2.45) is 0 Å². The van der Waals surface area contributed by atoms with Crippen LogP contribution in [0.5, 0.6) is 0 Å². The van der Waals surface area contributed by atoms with E-state index in [4.69, 9.17) is 0 Å². The molecule has 0 atom stereocenters. The number of nitrogens with one attached hydrogen (secondary N) is 2. The molecule has 2 heterocycles. The van der Waals surface area contributed by atoms with Gasteiger partial charge < -0.3 is 10.6 Å². The van der Waals surface area contributed by atoms with Crippen molar-refractivity contribution in [1.29, 1.82) is 0 Å². The van der Waals surface area contributed by atoms with E-state index in [-0.39, 0.29) is 11.3 Å². The van der Waals surface area contributed by atoms with Gasteiger partial charge in [0.05, 0.1) is 5.56 Å². The molecule has 2 aromatic carbocycles. The van der Waals surface area contributed by atoms with E-state index in [2.05, 4.69) is 21.7 Å². The monoisotopic (exact) mass is 423 g/mol. The van der Waals surface area contributed by atoms with E-state index in [9.17, 15) is 18.0 Å². The van der Waals surface area contributed by atoms with Gasteiger partial charge in [0.25, 0.3) is 0 Å². The van der Waals surface area contributed by atoms with E-state index in [0.29, 0.717) is 0 Å². The number of aromatic nitrogens is 1. The predicted octanol–water partition coefficient (Wildman–Crippen LogP) is 5.70. The topological polar surface area (TPSA) is 54.0 Å². The fourth-order valence-corrected chi connectivity index (χ4v) is 3.52. The second kappa shape index (κ2) is 8.26. The van der Waals surface area contributed by atoms with Crippen LogP contribution in [-0.2, 0) is 17.4 Å². The second-order valence-corrected chi connectivity index (χ2v) is 7.38. The Morgan fingerprint density at radius 1 is 1.13 bits per heavy atom. The van der Waals surface area contributed by atoms with Gasteiger partial charge in [0.1, 0.15) is 5.82 Å². The van der Waals surface area contributed by atoms with E-state index in [1.54, 1.807) is 6.08 Å². The number of hydrogen-bond donors (Lipinski definition) is 2. The minimum absolute atomic E-state index is 0.0964. The molecule has 4 rings (SSSR count). The van der Waals surface area contributed by atoms with E-state index >= 15 is 0 Å². The van der Waals surface area contributed by atoms with Crippen LogP contribution in [0.3, 0.4) is 0 Å². The first-order chi connectivity index (χ1) is 14.8. The third-order valence-corrected chi connectivity index (χ3v) is 5.11. The molecule has 1 aliphatic rings. The van der Waals surface area contributed by atoms with E-state index in [1.807, 2.05) is 30.5 Å². The summed E-state index contributed by atoms with van der Waals surface area (Å²) in [4.78, 5) is 16.7. The lowest BCUT2D eigenvalue weighted by Crippen LogP contribution is -2.11. The van der Waals surface area contributed by atoms with Gasteiger partial charge in [0.15, 0.2) is 0 Å². The zero-order valence-electron chi connectivity index (χ0n) is 16.8. The summed E-state index contributed by atoms with van der Waals surface area (Å²) < 4.78 is 39.2. The molecule has 0 radical (unpaired) electrons. The number of anilines is 2. The Morgan fingerprint density at radius 2 is 1.97 bits per heavy atom. The highest BCUT2D eigenvalue weighted by atomic mass is 19.4. The molecule has 1 aliphatic heterocycles. The van der Waals surface area contributed by atoms with Gasteiger partial charge in [-0.15, -0.1) is 0 Å². The molecule has 1 amide bonds. The molecule has 3 aromatic rings. The van der Waals surface area contributed by atoms with Gasteiger partial charge >= 0.3 is 6.18 Å². The third-order valence-electron chi connectivity index (χ3n) is 5.11. The number of benzene rings is 2. The lowest BCUT2D eigenvalue weighted by atomic mass is 10.0. The minimum atomic E-state index is -4.47. The summed E-state index contributed by atoms with van der Waals surface area (Å²) in [6, 6.07) is 13.5. The first-order valence-electron chi connectivity index (χ1n) is 9.80. The minimum Gasteiger partial charge on any atom is -0.370 e. The van der Waals surface area contributed by atoms with Crippen LogP contribution >= 0.6 is 0 Å². The number of nitrogens with zero attached hydrogens (tertiary/aromatic N) is 1. The zero-order valence-corrected chi connectivity index (χ0v) is 16.8. The number of alkyl halides is 3. The number of pyridine rings is 1. The Morgan fingerprint density at radius 3 is 2.77 bits per heavy atom. The SMILES string of the molecule is Cc1ccc(NC(=O)C=Cc2cccc(-c3cnc4c(c3)CCN4)c2)cc1C(F)(F)F. The fraction of sp³-hybridized carbons (Fsp3) is 0.167. The third kappa shape index (κ3) is 4.77. The number of fused-ring (bicyclic) bond motifs is 1. The molecule has 0 unspecified atom stereocenters. The number of aryl methyl sites for hydroxylation is 1. The number of carbonyl (C=O) groups excluding carboxylic acids is 1. The maximum atomic E-state index is 13.1. The summed E-state index contributed by atoms with van der Waals surface area (Å²) in [5, 5.41) is 5.71. The first-order valence-corrected chi connectivity index (χ1v) is 9.80. The molecular formula is C24H20F3N3O. The van der Waals surface area contributed by atoms with Gasteiger partial charge in [-0.2, -0.15) is 13.2 Å². The van der Waals surface area contributed by atoms with E-state index < -0.39 is 17.6 Å².